The number of ether oxygens (including phenoxy) is 2. The van der Waals surface area contributed by atoms with Crippen LogP contribution in [0.1, 0.15) is 21.5 Å². The molecule has 2 aromatic rings. The van der Waals surface area contributed by atoms with Crippen molar-refractivity contribution in [1.29, 1.82) is 0 Å². The van der Waals surface area contributed by atoms with E-state index in [9.17, 15) is 4.79 Å². The van der Waals surface area contributed by atoms with E-state index in [4.69, 9.17) is 9.47 Å². The number of rotatable bonds is 5. The Morgan fingerprint density at radius 3 is 2.48 bits per heavy atom. The number of hydrogen-bond donors (Lipinski definition) is 1. The number of piperazine rings is 1. The van der Waals surface area contributed by atoms with Gasteiger partial charge in [0.2, 0.25) is 0 Å². The van der Waals surface area contributed by atoms with Crippen LogP contribution in [0.25, 0.3) is 0 Å². The second kappa shape index (κ2) is 7.61. The number of nitrogens with zero attached hydrogens (tertiary/aromatic N) is 2. The van der Waals surface area contributed by atoms with Crippen molar-refractivity contribution >= 4 is 5.91 Å². The van der Waals surface area contributed by atoms with Crippen LogP contribution in [0, 0.1) is 6.92 Å². The van der Waals surface area contributed by atoms with Crippen molar-refractivity contribution in [3.8, 4) is 11.5 Å². The van der Waals surface area contributed by atoms with Crippen LogP contribution in [0.3, 0.4) is 0 Å². The lowest BCUT2D eigenvalue weighted by atomic mass is 10.1. The molecule has 0 radical (unpaired) electrons. The number of aromatic nitrogens is 1. The average molecular weight is 343 g/mol. The number of aryl methyl sites for hydroxylation is 1. The number of aromatic amines is 1. The molecule has 25 heavy (non-hydrogen) atoms. The highest BCUT2D eigenvalue weighted by Crippen LogP contribution is 2.25. The zero-order valence-electron chi connectivity index (χ0n) is 15.0. The molecule has 1 saturated heterocycles. The van der Waals surface area contributed by atoms with Crippen LogP contribution in [0.5, 0.6) is 11.5 Å². The Morgan fingerprint density at radius 1 is 1.12 bits per heavy atom. The smallest absolute Gasteiger partial charge is 0.255 e. The number of methoxy groups -OCH3 is 2. The maximum absolute atomic E-state index is 12.6. The molecule has 0 spiro atoms. The minimum Gasteiger partial charge on any atom is -0.497 e. The Hall–Kier alpha value is -2.47. The summed E-state index contributed by atoms with van der Waals surface area (Å²) < 4.78 is 10.8. The van der Waals surface area contributed by atoms with E-state index in [0.29, 0.717) is 0 Å². The SMILES string of the molecule is COc1ccc(OC)c(CN2CCN(C(=O)c3c[nH]cc3C)CC2)c1. The highest BCUT2D eigenvalue weighted by molar-refractivity contribution is 5.95. The van der Waals surface area contributed by atoms with Crippen LogP contribution in [0.15, 0.2) is 30.6 Å². The number of carbonyl (C=O) groups excluding carboxylic acids is 1. The van der Waals surface area contributed by atoms with Gasteiger partial charge in [-0.1, -0.05) is 0 Å². The highest BCUT2D eigenvalue weighted by atomic mass is 16.5. The van der Waals surface area contributed by atoms with E-state index in [0.717, 1.165) is 60.9 Å². The summed E-state index contributed by atoms with van der Waals surface area (Å²) in [7, 11) is 3.35. The van der Waals surface area contributed by atoms with Crippen LogP contribution in [0.4, 0.5) is 0 Å². The molecular weight excluding hydrogens is 318 g/mol. The Labute approximate surface area is 148 Å². The van der Waals surface area contributed by atoms with Crippen molar-refractivity contribution in [3.05, 3.63) is 47.3 Å². The largest absolute Gasteiger partial charge is 0.497 e. The third kappa shape index (κ3) is 3.79. The molecule has 3 rings (SSSR count). The fourth-order valence-corrected chi connectivity index (χ4v) is 3.20. The Kier molecular flexibility index (Phi) is 5.28. The Morgan fingerprint density at radius 2 is 1.88 bits per heavy atom. The van der Waals surface area contributed by atoms with Gasteiger partial charge >= 0.3 is 0 Å². The fourth-order valence-electron chi connectivity index (χ4n) is 3.20. The van der Waals surface area contributed by atoms with Gasteiger partial charge in [-0.05, 0) is 30.7 Å². The summed E-state index contributed by atoms with van der Waals surface area (Å²) >= 11 is 0. The van der Waals surface area contributed by atoms with Crippen molar-refractivity contribution in [3.63, 3.8) is 0 Å². The van der Waals surface area contributed by atoms with E-state index in [-0.39, 0.29) is 5.91 Å². The molecule has 1 amide bonds. The zero-order chi connectivity index (χ0) is 17.8. The van der Waals surface area contributed by atoms with Crippen LogP contribution in [0.2, 0.25) is 0 Å². The van der Waals surface area contributed by atoms with Crippen molar-refractivity contribution in [2.45, 2.75) is 13.5 Å². The Balaban J connectivity index is 1.61. The number of nitrogens with one attached hydrogen (secondary N) is 1. The molecule has 6 heteroatoms. The van der Waals surface area contributed by atoms with Gasteiger partial charge in [0.05, 0.1) is 19.8 Å². The molecule has 134 valence electrons. The van der Waals surface area contributed by atoms with Crippen molar-refractivity contribution in [2.24, 2.45) is 0 Å². The molecule has 0 bridgehead atoms. The maximum Gasteiger partial charge on any atom is 0.255 e. The van der Waals surface area contributed by atoms with Gasteiger partial charge in [0, 0.05) is 50.7 Å². The second-order valence-electron chi connectivity index (χ2n) is 6.30. The number of carbonyl (C=O) groups is 1. The quantitative estimate of drug-likeness (QED) is 0.905. The molecule has 1 aliphatic heterocycles. The van der Waals surface area contributed by atoms with E-state index in [1.54, 1.807) is 20.4 Å². The van der Waals surface area contributed by atoms with E-state index < -0.39 is 0 Å². The van der Waals surface area contributed by atoms with Crippen molar-refractivity contribution < 1.29 is 14.3 Å². The standard InChI is InChI=1S/C19H25N3O3/c1-14-11-20-12-17(14)19(23)22-8-6-21(7-9-22)13-15-10-16(24-2)4-5-18(15)25-3/h4-5,10-12,20H,6-9,13H2,1-3H3. The monoisotopic (exact) mass is 343 g/mol. The summed E-state index contributed by atoms with van der Waals surface area (Å²) in [5.41, 5.74) is 2.86. The minimum atomic E-state index is 0.109. The number of amides is 1. The summed E-state index contributed by atoms with van der Waals surface area (Å²) in [6, 6.07) is 5.85. The molecule has 0 atom stereocenters. The molecule has 1 aliphatic rings. The number of hydrogen-bond acceptors (Lipinski definition) is 4. The van der Waals surface area contributed by atoms with Crippen molar-refractivity contribution in [1.82, 2.24) is 14.8 Å². The first kappa shape index (κ1) is 17.4. The van der Waals surface area contributed by atoms with Gasteiger partial charge in [-0.3, -0.25) is 9.69 Å². The van der Waals surface area contributed by atoms with Gasteiger partial charge in [-0.25, -0.2) is 0 Å². The summed E-state index contributed by atoms with van der Waals surface area (Å²) in [5.74, 6) is 1.80. The molecular formula is C19H25N3O3. The number of benzene rings is 1. The minimum absolute atomic E-state index is 0.109. The molecule has 0 aliphatic carbocycles. The average Bonchev–Trinajstić information content (AvgIpc) is 3.07. The number of H-pyrrole nitrogens is 1. The first-order valence-corrected chi connectivity index (χ1v) is 8.48. The molecule has 1 N–H and O–H groups in total. The summed E-state index contributed by atoms with van der Waals surface area (Å²) in [4.78, 5) is 19.8. The van der Waals surface area contributed by atoms with Gasteiger partial charge in [-0.15, -0.1) is 0 Å². The van der Waals surface area contributed by atoms with E-state index in [2.05, 4.69) is 9.88 Å². The molecule has 0 saturated carbocycles. The lowest BCUT2D eigenvalue weighted by molar-refractivity contribution is 0.0627. The normalized spacial score (nSPS) is 15.2. The van der Waals surface area contributed by atoms with Crippen LogP contribution >= 0.6 is 0 Å². The molecule has 1 aromatic carbocycles. The van der Waals surface area contributed by atoms with Gasteiger partial charge in [0.1, 0.15) is 11.5 Å². The first-order chi connectivity index (χ1) is 12.1. The van der Waals surface area contributed by atoms with Crippen LogP contribution in [-0.4, -0.2) is 61.1 Å². The van der Waals surface area contributed by atoms with Crippen LogP contribution in [-0.2, 0) is 6.54 Å². The third-order valence-electron chi connectivity index (χ3n) is 4.72. The predicted molar refractivity (Wildman–Crippen MR) is 96.3 cm³/mol. The van der Waals surface area contributed by atoms with Gasteiger partial charge in [0.25, 0.3) is 5.91 Å². The lowest BCUT2D eigenvalue weighted by Crippen LogP contribution is -2.48. The van der Waals surface area contributed by atoms with E-state index in [1.807, 2.05) is 36.2 Å². The zero-order valence-corrected chi connectivity index (χ0v) is 15.0. The maximum atomic E-state index is 12.6. The van der Waals surface area contributed by atoms with Crippen LogP contribution < -0.4 is 9.47 Å². The Bertz CT molecular complexity index is 733. The second-order valence-corrected chi connectivity index (χ2v) is 6.30. The fraction of sp³-hybridized carbons (Fsp3) is 0.421. The molecule has 0 unspecified atom stereocenters. The molecule has 1 fully saturated rings. The molecule has 6 nitrogen and oxygen atoms in total. The predicted octanol–water partition coefficient (Wildman–Crippen LogP) is 2.30. The van der Waals surface area contributed by atoms with Crippen molar-refractivity contribution in [2.75, 3.05) is 40.4 Å². The molecule has 1 aromatic heterocycles. The lowest BCUT2D eigenvalue weighted by Gasteiger charge is -2.35. The van der Waals surface area contributed by atoms with Gasteiger partial charge < -0.3 is 19.4 Å². The third-order valence-corrected chi connectivity index (χ3v) is 4.72. The van der Waals surface area contributed by atoms with Gasteiger partial charge in [0.15, 0.2) is 0 Å². The summed E-state index contributed by atoms with van der Waals surface area (Å²) in [6.45, 7) is 5.89. The first-order valence-electron chi connectivity index (χ1n) is 8.48. The van der Waals surface area contributed by atoms with Gasteiger partial charge in [-0.2, -0.15) is 0 Å². The van der Waals surface area contributed by atoms with E-state index in [1.165, 1.54) is 0 Å². The summed E-state index contributed by atoms with van der Waals surface area (Å²) in [6.07, 6.45) is 3.64. The van der Waals surface area contributed by atoms with E-state index >= 15 is 0 Å². The highest BCUT2D eigenvalue weighted by Gasteiger charge is 2.24. The summed E-state index contributed by atoms with van der Waals surface area (Å²) in [5, 5.41) is 0. The topological polar surface area (TPSA) is 57.8 Å². The molecule has 2 heterocycles.